The lowest BCUT2D eigenvalue weighted by Crippen LogP contribution is -2.05. The van der Waals surface area contributed by atoms with Crippen molar-refractivity contribution in [3.63, 3.8) is 0 Å². The lowest BCUT2D eigenvalue weighted by Gasteiger charge is -2.12. The fraction of sp³-hybridized carbons (Fsp3) is 0.105. The van der Waals surface area contributed by atoms with Gasteiger partial charge in [-0.05, 0) is 23.6 Å². The molecule has 3 aromatic carbocycles. The lowest BCUT2D eigenvalue weighted by atomic mass is 9.96. The molecule has 0 radical (unpaired) electrons. The fourth-order valence-corrected chi connectivity index (χ4v) is 2.54. The summed E-state index contributed by atoms with van der Waals surface area (Å²) >= 11 is 0. The Kier molecular flexibility index (Phi) is 3.79. The van der Waals surface area contributed by atoms with Crippen molar-refractivity contribution in [3.8, 4) is 11.5 Å². The van der Waals surface area contributed by atoms with Crippen molar-refractivity contribution < 1.29 is 14.3 Å². The van der Waals surface area contributed by atoms with Gasteiger partial charge < -0.3 is 9.47 Å². The van der Waals surface area contributed by atoms with Crippen molar-refractivity contribution in [2.75, 3.05) is 14.2 Å². The van der Waals surface area contributed by atoms with Gasteiger partial charge in [-0.15, -0.1) is 0 Å². The number of rotatable bonds is 4. The molecule has 0 N–H and O–H groups in total. The van der Waals surface area contributed by atoms with Gasteiger partial charge in [0.2, 0.25) is 0 Å². The Morgan fingerprint density at radius 3 is 2.27 bits per heavy atom. The molecule has 0 spiro atoms. The number of benzene rings is 3. The fourth-order valence-electron chi connectivity index (χ4n) is 2.54. The zero-order valence-electron chi connectivity index (χ0n) is 12.5. The first-order valence-corrected chi connectivity index (χ1v) is 6.99. The Morgan fingerprint density at radius 1 is 0.864 bits per heavy atom. The molecule has 0 saturated heterocycles. The predicted octanol–water partition coefficient (Wildman–Crippen LogP) is 4.09. The molecule has 0 bridgehead atoms. The maximum atomic E-state index is 12.9. The second-order valence-corrected chi connectivity index (χ2v) is 4.93. The van der Waals surface area contributed by atoms with E-state index >= 15 is 0 Å². The SMILES string of the molecule is COc1ccc2ccc(OC)c(C(=O)c3ccccc3)c2c1. The van der Waals surface area contributed by atoms with E-state index in [-0.39, 0.29) is 5.78 Å². The standard InChI is InChI=1S/C19H16O3/c1-21-15-10-8-13-9-11-17(22-2)18(16(13)12-15)19(20)14-6-4-3-5-7-14/h3-12H,1-2H3. The van der Waals surface area contributed by atoms with Crippen LogP contribution < -0.4 is 9.47 Å². The second kappa shape index (κ2) is 5.90. The molecule has 0 aliphatic rings. The third-order valence-corrected chi connectivity index (χ3v) is 3.67. The first-order chi connectivity index (χ1) is 10.7. The van der Waals surface area contributed by atoms with Crippen molar-refractivity contribution >= 4 is 16.6 Å². The third-order valence-electron chi connectivity index (χ3n) is 3.67. The van der Waals surface area contributed by atoms with E-state index in [1.54, 1.807) is 26.4 Å². The Labute approximate surface area is 129 Å². The molecule has 0 atom stereocenters. The summed E-state index contributed by atoms with van der Waals surface area (Å²) in [5.41, 5.74) is 1.20. The van der Waals surface area contributed by atoms with Gasteiger partial charge in [-0.3, -0.25) is 4.79 Å². The van der Waals surface area contributed by atoms with E-state index < -0.39 is 0 Å². The quantitative estimate of drug-likeness (QED) is 0.679. The van der Waals surface area contributed by atoms with E-state index in [0.717, 1.165) is 10.8 Å². The van der Waals surface area contributed by atoms with E-state index in [1.165, 1.54) is 0 Å². The van der Waals surface area contributed by atoms with Crippen molar-refractivity contribution in [2.24, 2.45) is 0 Å². The van der Waals surface area contributed by atoms with Crippen molar-refractivity contribution in [1.82, 2.24) is 0 Å². The van der Waals surface area contributed by atoms with Gasteiger partial charge in [0.05, 0.1) is 19.8 Å². The summed E-state index contributed by atoms with van der Waals surface area (Å²) < 4.78 is 10.7. The van der Waals surface area contributed by atoms with E-state index in [2.05, 4.69) is 0 Å². The summed E-state index contributed by atoms with van der Waals surface area (Å²) in [6.07, 6.45) is 0. The smallest absolute Gasteiger partial charge is 0.197 e. The molecule has 0 unspecified atom stereocenters. The highest BCUT2D eigenvalue weighted by molar-refractivity contribution is 6.18. The van der Waals surface area contributed by atoms with Crippen LogP contribution in [0.1, 0.15) is 15.9 Å². The number of carbonyl (C=O) groups is 1. The second-order valence-electron chi connectivity index (χ2n) is 4.93. The molecule has 0 amide bonds. The van der Waals surface area contributed by atoms with Crippen LogP contribution in [0.4, 0.5) is 0 Å². The first kappa shape index (κ1) is 14.1. The van der Waals surface area contributed by atoms with Gasteiger partial charge in [0.25, 0.3) is 0 Å². The van der Waals surface area contributed by atoms with E-state index in [0.29, 0.717) is 22.6 Å². The minimum absolute atomic E-state index is 0.0590. The highest BCUT2D eigenvalue weighted by Gasteiger charge is 2.18. The number of fused-ring (bicyclic) bond motifs is 1. The molecule has 3 nitrogen and oxygen atoms in total. The molecule has 0 aliphatic carbocycles. The molecule has 0 fully saturated rings. The maximum Gasteiger partial charge on any atom is 0.197 e. The molecule has 3 aromatic rings. The Bertz CT molecular complexity index is 817. The minimum atomic E-state index is -0.0590. The molecule has 0 aromatic heterocycles. The van der Waals surface area contributed by atoms with Gasteiger partial charge >= 0.3 is 0 Å². The minimum Gasteiger partial charge on any atom is -0.497 e. The van der Waals surface area contributed by atoms with Gasteiger partial charge in [0, 0.05) is 10.9 Å². The summed E-state index contributed by atoms with van der Waals surface area (Å²) in [6.45, 7) is 0. The number of ketones is 1. The van der Waals surface area contributed by atoms with Crippen LogP contribution in [0.25, 0.3) is 10.8 Å². The zero-order chi connectivity index (χ0) is 15.5. The first-order valence-electron chi connectivity index (χ1n) is 6.99. The summed E-state index contributed by atoms with van der Waals surface area (Å²) in [7, 11) is 3.18. The average Bonchev–Trinajstić information content (AvgIpc) is 2.60. The summed E-state index contributed by atoms with van der Waals surface area (Å²) in [5, 5.41) is 1.80. The van der Waals surface area contributed by atoms with Gasteiger partial charge in [0.15, 0.2) is 5.78 Å². The number of hydrogen-bond donors (Lipinski definition) is 0. The summed E-state index contributed by atoms with van der Waals surface area (Å²) in [6, 6.07) is 18.7. The van der Waals surface area contributed by atoms with Gasteiger partial charge in [0.1, 0.15) is 11.5 Å². The van der Waals surface area contributed by atoms with E-state index in [9.17, 15) is 4.79 Å². The monoisotopic (exact) mass is 292 g/mol. The van der Waals surface area contributed by atoms with E-state index in [1.807, 2.05) is 48.5 Å². The number of carbonyl (C=O) groups excluding carboxylic acids is 1. The number of ether oxygens (including phenoxy) is 2. The molecule has 0 saturated carbocycles. The normalized spacial score (nSPS) is 10.5. The molecular formula is C19H16O3. The number of methoxy groups -OCH3 is 2. The maximum absolute atomic E-state index is 12.9. The van der Waals surface area contributed by atoms with Crippen LogP contribution in [-0.2, 0) is 0 Å². The largest absolute Gasteiger partial charge is 0.497 e. The van der Waals surface area contributed by atoms with Crippen LogP contribution in [-0.4, -0.2) is 20.0 Å². The summed E-state index contributed by atoms with van der Waals surface area (Å²) in [5.74, 6) is 1.22. The average molecular weight is 292 g/mol. The third kappa shape index (κ3) is 2.42. The molecule has 22 heavy (non-hydrogen) atoms. The molecule has 3 rings (SSSR count). The van der Waals surface area contributed by atoms with Crippen LogP contribution in [0.3, 0.4) is 0 Å². The molecular weight excluding hydrogens is 276 g/mol. The Balaban J connectivity index is 2.27. The van der Waals surface area contributed by atoms with Crippen LogP contribution >= 0.6 is 0 Å². The van der Waals surface area contributed by atoms with Crippen LogP contribution in [0.2, 0.25) is 0 Å². The molecule has 0 heterocycles. The Hall–Kier alpha value is -2.81. The van der Waals surface area contributed by atoms with Crippen molar-refractivity contribution in [3.05, 3.63) is 71.8 Å². The highest BCUT2D eigenvalue weighted by Crippen LogP contribution is 2.32. The molecule has 110 valence electrons. The summed E-state index contributed by atoms with van der Waals surface area (Å²) in [4.78, 5) is 12.9. The van der Waals surface area contributed by atoms with Crippen molar-refractivity contribution in [2.45, 2.75) is 0 Å². The lowest BCUT2D eigenvalue weighted by molar-refractivity contribution is 0.103. The van der Waals surface area contributed by atoms with Crippen LogP contribution in [0.15, 0.2) is 60.7 Å². The predicted molar refractivity (Wildman–Crippen MR) is 86.9 cm³/mol. The zero-order valence-corrected chi connectivity index (χ0v) is 12.5. The van der Waals surface area contributed by atoms with Gasteiger partial charge in [-0.1, -0.05) is 42.5 Å². The molecule has 3 heteroatoms. The van der Waals surface area contributed by atoms with Crippen LogP contribution in [0.5, 0.6) is 11.5 Å². The van der Waals surface area contributed by atoms with Crippen LogP contribution in [0, 0.1) is 0 Å². The Morgan fingerprint density at radius 2 is 1.59 bits per heavy atom. The van der Waals surface area contributed by atoms with Crippen molar-refractivity contribution in [1.29, 1.82) is 0 Å². The van der Waals surface area contributed by atoms with Gasteiger partial charge in [-0.25, -0.2) is 0 Å². The van der Waals surface area contributed by atoms with E-state index in [4.69, 9.17) is 9.47 Å². The van der Waals surface area contributed by atoms with Gasteiger partial charge in [-0.2, -0.15) is 0 Å². The molecule has 0 aliphatic heterocycles. The number of hydrogen-bond acceptors (Lipinski definition) is 3. The topological polar surface area (TPSA) is 35.5 Å². The highest BCUT2D eigenvalue weighted by atomic mass is 16.5.